The Morgan fingerprint density at radius 1 is 1.50 bits per heavy atom. The summed E-state index contributed by atoms with van der Waals surface area (Å²) < 4.78 is 5.02. The third-order valence-electron chi connectivity index (χ3n) is 1.82. The number of hydrogen-bond acceptors (Lipinski definition) is 2. The molecule has 0 aliphatic carbocycles. The molecular formula is C9H20NOV-. The van der Waals surface area contributed by atoms with Crippen LogP contribution in [-0.4, -0.2) is 38.3 Å². The molecule has 0 aromatic rings. The monoisotopic (exact) mass is 209 g/mol. The van der Waals surface area contributed by atoms with Gasteiger partial charge in [-0.05, 0) is 13.6 Å². The minimum absolute atomic E-state index is 0. The Balaban J connectivity index is 0. The number of ether oxygens (including phenoxy) is 1. The van der Waals surface area contributed by atoms with Crippen LogP contribution in [0.2, 0.25) is 0 Å². The molecule has 1 heterocycles. The summed E-state index contributed by atoms with van der Waals surface area (Å²) in [6, 6.07) is 0.565. The van der Waals surface area contributed by atoms with E-state index in [0.717, 1.165) is 6.61 Å². The second-order valence-corrected chi connectivity index (χ2v) is 2.53. The summed E-state index contributed by atoms with van der Waals surface area (Å²) >= 11 is 0. The van der Waals surface area contributed by atoms with Gasteiger partial charge in [0.1, 0.15) is 0 Å². The van der Waals surface area contributed by atoms with E-state index in [1.54, 1.807) is 7.11 Å². The van der Waals surface area contributed by atoms with Crippen molar-refractivity contribution < 1.29 is 23.3 Å². The molecule has 0 N–H and O–H groups in total. The molecular weight excluding hydrogens is 189 g/mol. The van der Waals surface area contributed by atoms with Gasteiger partial charge in [-0.15, -0.1) is 0 Å². The molecule has 0 amide bonds. The van der Waals surface area contributed by atoms with Gasteiger partial charge in [0.05, 0.1) is 0 Å². The van der Waals surface area contributed by atoms with Gasteiger partial charge in [0.15, 0.2) is 0 Å². The average Bonchev–Trinajstić information content (AvgIpc) is 2.42. The summed E-state index contributed by atoms with van der Waals surface area (Å²) in [7, 11) is 3.88. The molecule has 1 aliphatic heterocycles. The van der Waals surface area contributed by atoms with E-state index >= 15 is 0 Å². The molecule has 0 aromatic heterocycles. The first-order chi connectivity index (χ1) is 5.34. The fourth-order valence-electron chi connectivity index (χ4n) is 1.18. The fourth-order valence-corrected chi connectivity index (χ4v) is 1.18. The minimum Gasteiger partial charge on any atom is -0.386 e. The molecule has 1 rings (SSSR count). The van der Waals surface area contributed by atoms with Crippen LogP contribution in [0.4, 0.5) is 0 Å². The number of likely N-dealkylation sites (tertiary alicyclic amines) is 1. The zero-order valence-electron chi connectivity index (χ0n) is 8.58. The third kappa shape index (κ3) is 5.20. The minimum atomic E-state index is 0. The first-order valence-corrected chi connectivity index (χ1v) is 4.37. The van der Waals surface area contributed by atoms with Crippen molar-refractivity contribution in [3.05, 3.63) is 6.42 Å². The Morgan fingerprint density at radius 2 is 2.08 bits per heavy atom. The molecule has 1 aliphatic rings. The van der Waals surface area contributed by atoms with Crippen LogP contribution in [0.5, 0.6) is 0 Å². The van der Waals surface area contributed by atoms with Crippen molar-refractivity contribution in [1.82, 2.24) is 4.90 Å². The van der Waals surface area contributed by atoms with Gasteiger partial charge in [-0.2, -0.15) is 6.42 Å². The summed E-state index contributed by atoms with van der Waals surface area (Å²) in [6.07, 6.45) is 3.52. The molecule has 0 spiro atoms. The predicted octanol–water partition coefficient (Wildman–Crippen LogP) is 1.56. The zero-order valence-corrected chi connectivity index (χ0v) is 9.98. The van der Waals surface area contributed by atoms with E-state index in [4.69, 9.17) is 4.74 Å². The SMILES string of the molecule is CC.COC[C@@H]1[CH-]CCN1C.[V]. The van der Waals surface area contributed by atoms with Crippen LogP contribution in [0.15, 0.2) is 0 Å². The Hall–Kier alpha value is 0.504. The van der Waals surface area contributed by atoms with Crippen LogP contribution in [0, 0.1) is 6.42 Å². The molecule has 1 radical (unpaired) electrons. The number of rotatable bonds is 2. The smallest absolute Gasteiger partial charge is 0.0354 e. The maximum absolute atomic E-state index is 5.02. The molecule has 1 fully saturated rings. The van der Waals surface area contributed by atoms with E-state index in [1.807, 2.05) is 13.8 Å². The van der Waals surface area contributed by atoms with Crippen molar-refractivity contribution >= 4 is 0 Å². The third-order valence-corrected chi connectivity index (χ3v) is 1.82. The van der Waals surface area contributed by atoms with Crippen LogP contribution >= 0.6 is 0 Å². The fraction of sp³-hybridized carbons (Fsp3) is 0.889. The van der Waals surface area contributed by atoms with Gasteiger partial charge in [0.2, 0.25) is 0 Å². The van der Waals surface area contributed by atoms with Crippen LogP contribution in [-0.2, 0) is 23.3 Å². The van der Waals surface area contributed by atoms with Gasteiger partial charge in [-0.3, -0.25) is 0 Å². The molecule has 1 saturated heterocycles. The number of hydrogen-bond donors (Lipinski definition) is 0. The second kappa shape index (κ2) is 9.59. The zero-order chi connectivity index (χ0) is 8.69. The van der Waals surface area contributed by atoms with Crippen molar-refractivity contribution in [3.8, 4) is 0 Å². The van der Waals surface area contributed by atoms with Gasteiger partial charge in [0.25, 0.3) is 0 Å². The molecule has 0 bridgehead atoms. The van der Waals surface area contributed by atoms with Crippen LogP contribution in [0.3, 0.4) is 0 Å². The van der Waals surface area contributed by atoms with E-state index in [2.05, 4.69) is 18.4 Å². The van der Waals surface area contributed by atoms with Crippen LogP contribution in [0.1, 0.15) is 20.3 Å². The second-order valence-electron chi connectivity index (χ2n) is 2.53. The summed E-state index contributed by atoms with van der Waals surface area (Å²) in [5.74, 6) is 0. The van der Waals surface area contributed by atoms with E-state index in [1.165, 1.54) is 13.0 Å². The molecule has 2 nitrogen and oxygen atoms in total. The summed E-state index contributed by atoms with van der Waals surface area (Å²) in [6.45, 7) is 6.03. The van der Waals surface area contributed by atoms with Gasteiger partial charge < -0.3 is 16.1 Å². The standard InChI is InChI=1S/C7H14NO.C2H6.V/c1-8-5-3-4-7(8)6-9-2;1-2;/h4,7H,3,5-6H2,1-2H3;1-2H3;/q-1;;/t7-;;/m0../s1. The van der Waals surface area contributed by atoms with Gasteiger partial charge >= 0.3 is 0 Å². The number of likely N-dealkylation sites (N-methyl/N-ethyl adjacent to an activating group) is 1. The van der Waals surface area contributed by atoms with E-state index in [0.29, 0.717) is 6.04 Å². The van der Waals surface area contributed by atoms with Crippen molar-refractivity contribution in [2.45, 2.75) is 26.3 Å². The van der Waals surface area contributed by atoms with Crippen molar-refractivity contribution in [1.29, 1.82) is 0 Å². The molecule has 73 valence electrons. The van der Waals surface area contributed by atoms with Gasteiger partial charge in [-0.25, -0.2) is 0 Å². The molecule has 3 heteroatoms. The van der Waals surface area contributed by atoms with Crippen LogP contribution < -0.4 is 0 Å². The van der Waals surface area contributed by atoms with Crippen molar-refractivity contribution in [2.24, 2.45) is 0 Å². The maximum Gasteiger partial charge on any atom is 0.0354 e. The van der Waals surface area contributed by atoms with E-state index < -0.39 is 0 Å². The number of nitrogens with zero attached hydrogens (tertiary/aromatic N) is 1. The predicted molar refractivity (Wildman–Crippen MR) is 48.6 cm³/mol. The van der Waals surface area contributed by atoms with Gasteiger partial charge in [-0.1, -0.05) is 19.9 Å². The first kappa shape index (κ1) is 15.0. The Bertz CT molecular complexity index is 90.6. The Morgan fingerprint density at radius 3 is 2.42 bits per heavy atom. The Labute approximate surface area is 88.5 Å². The normalized spacial score (nSPS) is 22.5. The summed E-state index contributed by atoms with van der Waals surface area (Å²) in [4.78, 5) is 2.31. The molecule has 0 saturated carbocycles. The largest absolute Gasteiger partial charge is 0.386 e. The number of methoxy groups -OCH3 is 1. The quantitative estimate of drug-likeness (QED) is 0.640. The van der Waals surface area contributed by atoms with E-state index in [-0.39, 0.29) is 18.6 Å². The molecule has 0 unspecified atom stereocenters. The van der Waals surface area contributed by atoms with E-state index in [9.17, 15) is 0 Å². The van der Waals surface area contributed by atoms with Gasteiger partial charge in [0, 0.05) is 32.3 Å². The van der Waals surface area contributed by atoms with Crippen molar-refractivity contribution in [3.63, 3.8) is 0 Å². The summed E-state index contributed by atoms with van der Waals surface area (Å²) in [5.41, 5.74) is 0. The molecule has 1 atom stereocenters. The van der Waals surface area contributed by atoms with Crippen molar-refractivity contribution in [2.75, 3.05) is 27.3 Å². The Kier molecular flexibility index (Phi) is 12.0. The molecule has 12 heavy (non-hydrogen) atoms. The summed E-state index contributed by atoms with van der Waals surface area (Å²) in [5, 5.41) is 0. The maximum atomic E-state index is 5.02. The van der Waals surface area contributed by atoms with Crippen LogP contribution in [0.25, 0.3) is 0 Å². The topological polar surface area (TPSA) is 12.5 Å². The average molecular weight is 209 g/mol. The molecule has 0 aromatic carbocycles. The first-order valence-electron chi connectivity index (χ1n) is 4.37.